The van der Waals surface area contributed by atoms with Gasteiger partial charge >= 0.3 is 0 Å². The molecule has 0 bridgehead atoms. The van der Waals surface area contributed by atoms with E-state index < -0.39 is 0 Å². The molecule has 1 unspecified atom stereocenters. The molecule has 0 N–H and O–H groups in total. The van der Waals surface area contributed by atoms with Crippen LogP contribution < -0.4 is 0 Å². The number of Topliss-reactive ketones (excluding diaryl/α,β-unsaturated/α-hetero) is 1. The maximum absolute atomic E-state index is 11.7. The van der Waals surface area contributed by atoms with E-state index in [-0.39, 0.29) is 5.25 Å². The second-order valence-electron chi connectivity index (χ2n) is 4.18. The van der Waals surface area contributed by atoms with Crippen LogP contribution in [0.25, 0.3) is 0 Å². The fourth-order valence-corrected chi connectivity index (χ4v) is 3.66. The highest BCUT2D eigenvalue weighted by atomic mass is 32.2. The lowest BCUT2D eigenvalue weighted by Crippen LogP contribution is -2.39. The zero-order valence-corrected chi connectivity index (χ0v) is 10.9. The summed E-state index contributed by atoms with van der Waals surface area (Å²) in [5.41, 5.74) is 0. The molecule has 1 heterocycles. The summed E-state index contributed by atoms with van der Waals surface area (Å²) in [5, 5.41) is 0.115. The Hall–Kier alpha value is -0.130. The predicted octanol–water partition coefficient (Wildman–Crippen LogP) is 1.85. The van der Waals surface area contributed by atoms with Crippen molar-refractivity contribution >= 4 is 34.1 Å². The van der Waals surface area contributed by atoms with Crippen LogP contribution in [0, 0.1) is 0 Å². The summed E-state index contributed by atoms with van der Waals surface area (Å²) in [7, 11) is 0. The van der Waals surface area contributed by atoms with Crippen molar-refractivity contribution in [3.8, 4) is 0 Å². The molecule has 1 aliphatic carbocycles. The Morgan fingerprint density at radius 3 is 2.81 bits per heavy atom. The van der Waals surface area contributed by atoms with Gasteiger partial charge in [-0.05, 0) is 12.8 Å². The van der Waals surface area contributed by atoms with E-state index in [1.54, 1.807) is 11.8 Å². The van der Waals surface area contributed by atoms with Gasteiger partial charge in [-0.25, -0.2) is 0 Å². The van der Waals surface area contributed by atoms with Gasteiger partial charge in [-0.15, -0.1) is 0 Å². The number of rotatable bonds is 1. The molecule has 5 heteroatoms. The molecule has 16 heavy (non-hydrogen) atoms. The summed E-state index contributed by atoms with van der Waals surface area (Å²) in [6, 6.07) is 0. The molecular formula is C11H17NO2S2. The van der Waals surface area contributed by atoms with Gasteiger partial charge in [0.25, 0.3) is 0 Å². The minimum absolute atomic E-state index is 0.115. The Bertz CT molecular complexity index is 277. The van der Waals surface area contributed by atoms with E-state index in [0.29, 0.717) is 5.78 Å². The molecule has 90 valence electrons. The third kappa shape index (κ3) is 3.18. The first-order chi connectivity index (χ1) is 7.77. The summed E-state index contributed by atoms with van der Waals surface area (Å²) in [6.07, 6.45) is 3.95. The van der Waals surface area contributed by atoms with Crippen molar-refractivity contribution in [3.63, 3.8) is 0 Å². The Kier molecular flexibility index (Phi) is 4.61. The number of hydrogen-bond donors (Lipinski definition) is 0. The van der Waals surface area contributed by atoms with Crippen molar-refractivity contribution in [3.05, 3.63) is 0 Å². The Morgan fingerprint density at radius 2 is 2.12 bits per heavy atom. The monoisotopic (exact) mass is 259 g/mol. The van der Waals surface area contributed by atoms with Crippen LogP contribution in [0.5, 0.6) is 0 Å². The van der Waals surface area contributed by atoms with E-state index in [1.165, 1.54) is 0 Å². The first-order valence-electron chi connectivity index (χ1n) is 5.83. The molecule has 3 nitrogen and oxygen atoms in total. The fraction of sp³-hybridized carbons (Fsp3) is 0.818. The molecule has 1 aliphatic heterocycles. The number of nitrogens with zero attached hydrogens (tertiary/aromatic N) is 1. The minimum Gasteiger partial charge on any atom is -0.378 e. The Morgan fingerprint density at radius 1 is 1.38 bits per heavy atom. The van der Waals surface area contributed by atoms with Gasteiger partial charge < -0.3 is 9.64 Å². The SMILES string of the molecule is O=C1CCCCC1SC(=S)N1CCOCC1. The highest BCUT2D eigenvalue weighted by molar-refractivity contribution is 8.23. The molecule has 0 aromatic rings. The lowest BCUT2D eigenvalue weighted by atomic mass is 9.99. The van der Waals surface area contributed by atoms with Gasteiger partial charge in [-0.2, -0.15) is 0 Å². The Labute approximate surface area is 106 Å². The molecule has 0 amide bonds. The van der Waals surface area contributed by atoms with E-state index >= 15 is 0 Å². The number of thiocarbonyl (C=S) groups is 1. The summed E-state index contributed by atoms with van der Waals surface area (Å²) < 4.78 is 6.16. The summed E-state index contributed by atoms with van der Waals surface area (Å²) in [4.78, 5) is 13.8. The number of ether oxygens (including phenoxy) is 1. The fourth-order valence-electron chi connectivity index (χ4n) is 2.02. The molecule has 2 fully saturated rings. The smallest absolute Gasteiger partial charge is 0.146 e. The van der Waals surface area contributed by atoms with E-state index in [0.717, 1.165) is 56.3 Å². The highest BCUT2D eigenvalue weighted by Gasteiger charge is 2.26. The molecule has 2 rings (SSSR count). The van der Waals surface area contributed by atoms with Crippen LogP contribution in [-0.2, 0) is 9.53 Å². The maximum Gasteiger partial charge on any atom is 0.146 e. The van der Waals surface area contributed by atoms with Crippen LogP contribution in [0.15, 0.2) is 0 Å². The van der Waals surface area contributed by atoms with Crippen molar-refractivity contribution in [2.75, 3.05) is 26.3 Å². The zero-order chi connectivity index (χ0) is 11.4. The van der Waals surface area contributed by atoms with E-state index in [2.05, 4.69) is 4.90 Å². The van der Waals surface area contributed by atoms with E-state index in [9.17, 15) is 4.79 Å². The molecule has 0 aromatic carbocycles. The molecule has 0 spiro atoms. The first kappa shape index (κ1) is 12.3. The molecule has 1 atom stereocenters. The van der Waals surface area contributed by atoms with Crippen molar-refractivity contribution in [2.24, 2.45) is 0 Å². The van der Waals surface area contributed by atoms with E-state index in [4.69, 9.17) is 17.0 Å². The summed E-state index contributed by atoms with van der Waals surface area (Å²) >= 11 is 6.98. The van der Waals surface area contributed by atoms with Crippen molar-refractivity contribution < 1.29 is 9.53 Å². The lowest BCUT2D eigenvalue weighted by Gasteiger charge is -2.30. The lowest BCUT2D eigenvalue weighted by molar-refractivity contribution is -0.119. The van der Waals surface area contributed by atoms with Crippen LogP contribution in [0.4, 0.5) is 0 Å². The third-order valence-electron chi connectivity index (χ3n) is 3.01. The standard InChI is InChI=1S/C11H17NO2S2/c13-9-3-1-2-4-10(9)16-11(15)12-5-7-14-8-6-12/h10H,1-8H2. The predicted molar refractivity (Wildman–Crippen MR) is 69.8 cm³/mol. The number of ketones is 1. The number of carbonyl (C=O) groups is 1. The zero-order valence-electron chi connectivity index (χ0n) is 9.31. The number of thioether (sulfide) groups is 1. The number of morpholine rings is 1. The largest absolute Gasteiger partial charge is 0.378 e. The highest BCUT2D eigenvalue weighted by Crippen LogP contribution is 2.28. The summed E-state index contributed by atoms with van der Waals surface area (Å²) in [6.45, 7) is 3.23. The van der Waals surface area contributed by atoms with Crippen molar-refractivity contribution in [2.45, 2.75) is 30.9 Å². The van der Waals surface area contributed by atoms with Gasteiger partial charge in [-0.3, -0.25) is 4.79 Å². The first-order valence-corrected chi connectivity index (χ1v) is 7.12. The second-order valence-corrected chi connectivity index (χ2v) is 6.02. The van der Waals surface area contributed by atoms with Gasteiger partial charge in [0.05, 0.1) is 18.5 Å². The van der Waals surface area contributed by atoms with Crippen molar-refractivity contribution in [1.82, 2.24) is 4.90 Å². The van der Waals surface area contributed by atoms with Crippen LogP contribution >= 0.6 is 24.0 Å². The quantitative estimate of drug-likeness (QED) is 0.671. The summed E-state index contributed by atoms with van der Waals surface area (Å²) in [5.74, 6) is 0.381. The second kappa shape index (κ2) is 5.98. The van der Waals surface area contributed by atoms with Gasteiger partial charge in [0, 0.05) is 19.5 Å². The molecule has 0 aromatic heterocycles. The van der Waals surface area contributed by atoms with Gasteiger partial charge in [0.1, 0.15) is 10.1 Å². The number of carbonyl (C=O) groups excluding carboxylic acids is 1. The normalized spacial score (nSPS) is 26.9. The molecular weight excluding hydrogens is 242 g/mol. The number of hydrogen-bond acceptors (Lipinski definition) is 4. The van der Waals surface area contributed by atoms with Crippen LogP contribution in [0.2, 0.25) is 0 Å². The minimum atomic E-state index is 0.115. The van der Waals surface area contributed by atoms with Gasteiger partial charge in [0.2, 0.25) is 0 Å². The van der Waals surface area contributed by atoms with Gasteiger partial charge in [-0.1, -0.05) is 30.4 Å². The maximum atomic E-state index is 11.7. The van der Waals surface area contributed by atoms with Gasteiger partial charge in [0.15, 0.2) is 0 Å². The average Bonchev–Trinajstić information content (AvgIpc) is 2.33. The van der Waals surface area contributed by atoms with E-state index in [1.807, 2.05) is 0 Å². The van der Waals surface area contributed by atoms with Crippen molar-refractivity contribution in [1.29, 1.82) is 0 Å². The molecule has 2 aliphatic rings. The van der Waals surface area contributed by atoms with Crippen LogP contribution in [0.1, 0.15) is 25.7 Å². The Balaban J connectivity index is 1.83. The average molecular weight is 259 g/mol. The van der Waals surface area contributed by atoms with Crippen LogP contribution in [0.3, 0.4) is 0 Å². The molecule has 1 saturated carbocycles. The third-order valence-corrected chi connectivity index (χ3v) is 4.80. The molecule has 1 saturated heterocycles. The molecule has 0 radical (unpaired) electrons. The topological polar surface area (TPSA) is 29.5 Å². The van der Waals surface area contributed by atoms with Crippen LogP contribution in [-0.4, -0.2) is 46.6 Å².